The molecule has 1 N–H and O–H groups in total. The van der Waals surface area contributed by atoms with Crippen molar-refractivity contribution >= 4 is 0 Å². The summed E-state index contributed by atoms with van der Waals surface area (Å²) in [6.45, 7) is 3.49. The van der Waals surface area contributed by atoms with Crippen molar-refractivity contribution in [1.82, 2.24) is 15.1 Å². The Morgan fingerprint density at radius 3 is 3.00 bits per heavy atom. The molecule has 0 radical (unpaired) electrons. The molecule has 2 fully saturated rings. The molecule has 118 valence electrons. The molecule has 1 aliphatic carbocycles. The number of rotatable bonds is 7. The van der Waals surface area contributed by atoms with Gasteiger partial charge in [-0.15, -0.1) is 10.2 Å². The van der Waals surface area contributed by atoms with E-state index in [2.05, 4.69) is 15.1 Å². The Morgan fingerprint density at radius 1 is 1.43 bits per heavy atom. The van der Waals surface area contributed by atoms with E-state index in [0.29, 0.717) is 25.0 Å². The van der Waals surface area contributed by atoms with Gasteiger partial charge in [-0.2, -0.15) is 0 Å². The van der Waals surface area contributed by atoms with Crippen molar-refractivity contribution in [2.24, 2.45) is 5.41 Å². The van der Waals surface area contributed by atoms with Crippen LogP contribution in [0.5, 0.6) is 0 Å². The lowest BCUT2D eigenvalue weighted by molar-refractivity contribution is 0.00217. The molecule has 21 heavy (non-hydrogen) atoms. The lowest BCUT2D eigenvalue weighted by atomic mass is 9.78. The van der Waals surface area contributed by atoms with E-state index in [1.165, 1.54) is 12.8 Å². The summed E-state index contributed by atoms with van der Waals surface area (Å²) in [4.78, 5) is 2.32. The van der Waals surface area contributed by atoms with Crippen LogP contribution in [0.3, 0.4) is 0 Å². The van der Waals surface area contributed by atoms with Crippen molar-refractivity contribution < 1.29 is 14.3 Å². The highest BCUT2D eigenvalue weighted by molar-refractivity contribution is 5.00. The predicted octanol–water partition coefficient (Wildman–Crippen LogP) is 1.56. The number of aliphatic hydroxyl groups excluding tert-OH is 1. The third-order valence-corrected chi connectivity index (χ3v) is 4.68. The van der Waals surface area contributed by atoms with Gasteiger partial charge in [-0.1, -0.05) is 0 Å². The Bertz CT molecular complexity index is 461. The van der Waals surface area contributed by atoms with Gasteiger partial charge in [-0.25, -0.2) is 0 Å². The van der Waals surface area contributed by atoms with Crippen LogP contribution in [0.4, 0.5) is 0 Å². The minimum Gasteiger partial charge on any atom is -0.424 e. The van der Waals surface area contributed by atoms with Gasteiger partial charge in [0, 0.05) is 31.6 Å². The third-order valence-electron chi connectivity index (χ3n) is 4.68. The number of likely N-dealkylation sites (tertiary alicyclic amines) is 1. The molecule has 0 bridgehead atoms. The molecule has 1 aromatic rings. The predicted molar refractivity (Wildman–Crippen MR) is 76.8 cm³/mol. The molecule has 1 saturated carbocycles. The molecule has 6 nitrogen and oxygen atoms in total. The van der Waals surface area contributed by atoms with E-state index < -0.39 is 0 Å². The van der Waals surface area contributed by atoms with Gasteiger partial charge in [0.05, 0.1) is 13.2 Å². The van der Waals surface area contributed by atoms with Crippen LogP contribution in [0.2, 0.25) is 0 Å². The van der Waals surface area contributed by atoms with Crippen molar-refractivity contribution in [1.29, 1.82) is 0 Å². The van der Waals surface area contributed by atoms with Crippen LogP contribution in [0.25, 0.3) is 0 Å². The summed E-state index contributed by atoms with van der Waals surface area (Å²) < 4.78 is 10.9. The fourth-order valence-corrected chi connectivity index (χ4v) is 3.19. The quantitative estimate of drug-likeness (QED) is 0.823. The topological polar surface area (TPSA) is 71.6 Å². The monoisotopic (exact) mass is 295 g/mol. The second kappa shape index (κ2) is 6.42. The van der Waals surface area contributed by atoms with Crippen molar-refractivity contribution in [3.63, 3.8) is 0 Å². The molecule has 2 aliphatic rings. The molecule has 1 aromatic heterocycles. The maximum absolute atomic E-state index is 9.80. The van der Waals surface area contributed by atoms with Gasteiger partial charge in [-0.05, 0) is 38.6 Å². The Labute approximate surface area is 125 Å². The summed E-state index contributed by atoms with van der Waals surface area (Å²) in [5.41, 5.74) is -0.0480. The van der Waals surface area contributed by atoms with Gasteiger partial charge in [0.1, 0.15) is 0 Å². The van der Waals surface area contributed by atoms with Gasteiger partial charge in [0.25, 0.3) is 0 Å². The van der Waals surface area contributed by atoms with Crippen LogP contribution < -0.4 is 0 Å². The number of hydrogen-bond donors (Lipinski definition) is 1. The van der Waals surface area contributed by atoms with E-state index in [1.54, 1.807) is 7.11 Å². The fraction of sp³-hybridized carbons (Fsp3) is 0.867. The van der Waals surface area contributed by atoms with Crippen molar-refractivity contribution in [2.75, 3.05) is 33.4 Å². The summed E-state index contributed by atoms with van der Waals surface area (Å²) >= 11 is 0. The molecule has 2 heterocycles. The lowest BCUT2D eigenvalue weighted by Gasteiger charge is -2.41. The van der Waals surface area contributed by atoms with Crippen LogP contribution in [0.15, 0.2) is 4.42 Å². The summed E-state index contributed by atoms with van der Waals surface area (Å²) in [7, 11) is 1.71. The van der Waals surface area contributed by atoms with Gasteiger partial charge in [-0.3, -0.25) is 4.90 Å². The Morgan fingerprint density at radius 2 is 2.29 bits per heavy atom. The molecule has 0 spiro atoms. The number of hydrogen-bond acceptors (Lipinski definition) is 6. The number of nitrogens with zero attached hydrogens (tertiary/aromatic N) is 3. The first-order valence-corrected chi connectivity index (χ1v) is 7.89. The van der Waals surface area contributed by atoms with E-state index in [9.17, 15) is 5.11 Å². The minimum absolute atomic E-state index is 0.0480. The standard InChI is InChI=1S/C15H25N3O3/c1-20-8-6-15(11-19)5-2-7-18(10-15)9-13-16-17-14(21-13)12-3-4-12/h12,19H,2-11H2,1H3/t15-/m1/s1. The lowest BCUT2D eigenvalue weighted by Crippen LogP contribution is -2.45. The van der Waals surface area contributed by atoms with Crippen LogP contribution in [-0.4, -0.2) is 53.6 Å². The normalized spacial score (nSPS) is 27.1. The van der Waals surface area contributed by atoms with Gasteiger partial charge in [0.15, 0.2) is 0 Å². The Kier molecular flexibility index (Phi) is 4.57. The number of methoxy groups -OCH3 is 1. The smallest absolute Gasteiger partial charge is 0.230 e. The number of ether oxygens (including phenoxy) is 1. The maximum Gasteiger partial charge on any atom is 0.230 e. The molecule has 0 amide bonds. The average molecular weight is 295 g/mol. The maximum atomic E-state index is 9.80. The number of aliphatic hydroxyl groups is 1. The first kappa shape index (κ1) is 14.9. The van der Waals surface area contributed by atoms with Crippen LogP contribution in [-0.2, 0) is 11.3 Å². The summed E-state index contributed by atoms with van der Waals surface area (Å²) in [6, 6.07) is 0. The number of piperidine rings is 1. The van der Waals surface area contributed by atoms with Crippen molar-refractivity contribution in [3.8, 4) is 0 Å². The second-order valence-corrected chi connectivity index (χ2v) is 6.52. The fourth-order valence-electron chi connectivity index (χ4n) is 3.19. The van der Waals surface area contributed by atoms with E-state index >= 15 is 0 Å². The highest BCUT2D eigenvalue weighted by atomic mass is 16.5. The molecular formula is C15H25N3O3. The first-order chi connectivity index (χ1) is 10.2. The van der Waals surface area contributed by atoms with E-state index in [-0.39, 0.29) is 12.0 Å². The minimum atomic E-state index is -0.0480. The number of aromatic nitrogens is 2. The summed E-state index contributed by atoms with van der Waals surface area (Å²) in [5, 5.41) is 18.1. The molecule has 0 unspecified atom stereocenters. The molecule has 0 aromatic carbocycles. The van der Waals surface area contributed by atoms with Crippen molar-refractivity contribution in [3.05, 3.63) is 11.8 Å². The van der Waals surface area contributed by atoms with E-state index in [4.69, 9.17) is 9.15 Å². The van der Waals surface area contributed by atoms with E-state index in [0.717, 1.165) is 38.2 Å². The Balaban J connectivity index is 1.58. The second-order valence-electron chi connectivity index (χ2n) is 6.52. The molecule has 3 rings (SSSR count). The molecule has 1 atom stereocenters. The van der Waals surface area contributed by atoms with Gasteiger partial charge in [0.2, 0.25) is 11.8 Å². The van der Waals surface area contributed by atoms with Gasteiger partial charge >= 0.3 is 0 Å². The zero-order valence-corrected chi connectivity index (χ0v) is 12.8. The van der Waals surface area contributed by atoms with Crippen LogP contribution >= 0.6 is 0 Å². The SMILES string of the molecule is COCC[C@]1(CO)CCCN(Cc2nnc(C3CC3)o2)C1. The van der Waals surface area contributed by atoms with Gasteiger partial charge < -0.3 is 14.3 Å². The molecule has 1 saturated heterocycles. The molecule has 6 heteroatoms. The summed E-state index contributed by atoms with van der Waals surface area (Å²) in [6.07, 6.45) is 5.40. The highest BCUT2D eigenvalue weighted by Crippen LogP contribution is 2.39. The Hall–Kier alpha value is -0.980. The summed E-state index contributed by atoms with van der Waals surface area (Å²) in [5.74, 6) is 2.01. The average Bonchev–Trinajstić information content (AvgIpc) is 3.26. The largest absolute Gasteiger partial charge is 0.424 e. The zero-order valence-electron chi connectivity index (χ0n) is 12.8. The highest BCUT2D eigenvalue weighted by Gasteiger charge is 2.35. The third kappa shape index (κ3) is 3.62. The zero-order chi connectivity index (χ0) is 14.7. The van der Waals surface area contributed by atoms with Crippen LogP contribution in [0, 0.1) is 5.41 Å². The van der Waals surface area contributed by atoms with Crippen LogP contribution in [0.1, 0.15) is 49.8 Å². The van der Waals surface area contributed by atoms with Crippen molar-refractivity contribution in [2.45, 2.75) is 44.6 Å². The first-order valence-electron chi connectivity index (χ1n) is 7.89. The van der Waals surface area contributed by atoms with E-state index in [1.807, 2.05) is 0 Å². The molecule has 1 aliphatic heterocycles. The molecular weight excluding hydrogens is 270 g/mol.